The molecule has 0 saturated heterocycles. The highest BCUT2D eigenvalue weighted by Gasteiger charge is 2.16. The summed E-state index contributed by atoms with van der Waals surface area (Å²) in [5, 5.41) is 19.4. The summed E-state index contributed by atoms with van der Waals surface area (Å²) in [6, 6.07) is 2.77. The molecule has 0 aromatic heterocycles. The van der Waals surface area contributed by atoms with E-state index in [-0.39, 0.29) is 35.4 Å². The number of ether oxygens (including phenoxy) is 3. The Morgan fingerprint density at radius 1 is 1.19 bits per heavy atom. The Morgan fingerprint density at radius 2 is 1.67 bits per heavy atom. The molecule has 0 saturated carbocycles. The maximum absolute atomic E-state index is 11.9. The molecule has 0 bridgehead atoms. The second-order valence-electron chi connectivity index (χ2n) is 4.86. The highest BCUT2D eigenvalue weighted by molar-refractivity contribution is 7.79. The predicted molar refractivity (Wildman–Crippen MR) is 94.8 cm³/mol. The zero-order valence-electron chi connectivity index (χ0n) is 14.8. The van der Waals surface area contributed by atoms with Crippen molar-refractivity contribution in [2.75, 3.05) is 27.4 Å². The standard InChI is InChI=1S/C14H21N3O5.H2O4S/c1-20-10-7-9(8-11(21-2)12(10)18)13(19)22-6-4-3-5-17-14(15)16;1-5(2,3)4/h7-8,18H,3-6H2,1-2H3,(H4,15,16,17);(H2,1,2,3,4). The number of esters is 1. The largest absolute Gasteiger partial charge is 0.502 e. The maximum Gasteiger partial charge on any atom is 0.394 e. The fourth-order valence-corrected chi connectivity index (χ4v) is 1.71. The van der Waals surface area contributed by atoms with Crippen LogP contribution >= 0.6 is 0 Å². The van der Waals surface area contributed by atoms with Crippen molar-refractivity contribution in [2.24, 2.45) is 5.73 Å². The minimum absolute atomic E-state index is 0.0831. The maximum atomic E-state index is 11.9. The van der Waals surface area contributed by atoms with Gasteiger partial charge in [-0.05, 0) is 25.0 Å². The Balaban J connectivity index is 0.00000119. The Labute approximate surface area is 156 Å². The summed E-state index contributed by atoms with van der Waals surface area (Å²) in [4.78, 5) is 11.9. The molecular formula is C14H23N3O9S. The Morgan fingerprint density at radius 3 is 2.07 bits per heavy atom. The van der Waals surface area contributed by atoms with Crippen LogP contribution in [0.15, 0.2) is 12.1 Å². The number of aromatic hydroxyl groups is 1. The molecule has 0 spiro atoms. The molecule has 0 aliphatic heterocycles. The average molecular weight is 409 g/mol. The molecule has 0 radical (unpaired) electrons. The van der Waals surface area contributed by atoms with E-state index in [0.717, 1.165) is 6.42 Å². The van der Waals surface area contributed by atoms with Gasteiger partial charge < -0.3 is 30.4 Å². The molecule has 0 unspecified atom stereocenters. The van der Waals surface area contributed by atoms with Gasteiger partial charge in [-0.25, -0.2) is 4.79 Å². The van der Waals surface area contributed by atoms with Crippen LogP contribution in [0.4, 0.5) is 0 Å². The zero-order valence-corrected chi connectivity index (χ0v) is 15.6. The van der Waals surface area contributed by atoms with Gasteiger partial charge in [0.2, 0.25) is 5.75 Å². The van der Waals surface area contributed by atoms with E-state index in [2.05, 4.69) is 5.32 Å². The third kappa shape index (κ3) is 11.5. The molecule has 0 aliphatic carbocycles. The fourth-order valence-electron chi connectivity index (χ4n) is 1.71. The van der Waals surface area contributed by atoms with Crippen LogP contribution < -0.4 is 20.5 Å². The van der Waals surface area contributed by atoms with Crippen LogP contribution in [0.25, 0.3) is 0 Å². The molecule has 7 N–H and O–H groups in total. The number of carbonyl (C=O) groups excluding carboxylic acids is 1. The first-order valence-electron chi connectivity index (χ1n) is 7.39. The number of methoxy groups -OCH3 is 2. The van der Waals surface area contributed by atoms with Gasteiger partial charge in [-0.15, -0.1) is 0 Å². The highest BCUT2D eigenvalue weighted by atomic mass is 32.3. The first kappa shape index (κ1) is 24.2. The second kappa shape index (κ2) is 11.8. The molecular weight excluding hydrogens is 386 g/mol. The van der Waals surface area contributed by atoms with Gasteiger partial charge in [-0.2, -0.15) is 8.42 Å². The van der Waals surface area contributed by atoms with Crippen molar-refractivity contribution >= 4 is 22.3 Å². The number of nitrogens with two attached hydrogens (primary N) is 1. The van der Waals surface area contributed by atoms with Crippen LogP contribution in [0.2, 0.25) is 0 Å². The normalized spacial score (nSPS) is 10.2. The summed E-state index contributed by atoms with van der Waals surface area (Å²) in [7, 11) is -1.91. The topological polar surface area (TPSA) is 201 Å². The van der Waals surface area contributed by atoms with Gasteiger partial charge in [0.15, 0.2) is 17.5 Å². The number of carbonyl (C=O) groups is 1. The van der Waals surface area contributed by atoms with E-state index in [1.165, 1.54) is 26.4 Å². The van der Waals surface area contributed by atoms with E-state index >= 15 is 0 Å². The lowest BCUT2D eigenvalue weighted by atomic mass is 10.2. The van der Waals surface area contributed by atoms with Crippen LogP contribution in [-0.4, -0.2) is 61.9 Å². The summed E-state index contributed by atoms with van der Waals surface area (Å²) in [5.41, 5.74) is 5.37. The number of hydrogen-bond acceptors (Lipinski definition) is 8. The van der Waals surface area contributed by atoms with Gasteiger partial charge >= 0.3 is 16.4 Å². The van der Waals surface area contributed by atoms with Gasteiger partial charge in [-0.3, -0.25) is 14.5 Å². The molecule has 1 aromatic carbocycles. The molecule has 12 nitrogen and oxygen atoms in total. The first-order chi connectivity index (χ1) is 12.5. The van der Waals surface area contributed by atoms with Gasteiger partial charge in [-0.1, -0.05) is 0 Å². The van der Waals surface area contributed by atoms with Crippen molar-refractivity contribution in [3.8, 4) is 17.2 Å². The Hall–Kier alpha value is -2.77. The van der Waals surface area contributed by atoms with Crippen molar-refractivity contribution in [1.82, 2.24) is 5.32 Å². The molecule has 1 aromatic rings. The lowest BCUT2D eigenvalue weighted by Gasteiger charge is -2.11. The van der Waals surface area contributed by atoms with Gasteiger partial charge in [0.05, 0.1) is 26.4 Å². The molecule has 27 heavy (non-hydrogen) atoms. The van der Waals surface area contributed by atoms with Gasteiger partial charge in [0, 0.05) is 6.54 Å². The predicted octanol–water partition coefficient (Wildman–Crippen LogP) is 0.177. The minimum atomic E-state index is -4.67. The first-order valence-corrected chi connectivity index (χ1v) is 8.79. The monoisotopic (exact) mass is 409 g/mol. The van der Waals surface area contributed by atoms with Crippen LogP contribution in [0.5, 0.6) is 17.2 Å². The molecule has 13 heteroatoms. The van der Waals surface area contributed by atoms with Crippen LogP contribution in [0.1, 0.15) is 23.2 Å². The van der Waals surface area contributed by atoms with Gasteiger partial charge in [0.1, 0.15) is 0 Å². The molecule has 0 fully saturated rings. The van der Waals surface area contributed by atoms with Gasteiger partial charge in [0.25, 0.3) is 0 Å². The molecule has 0 atom stereocenters. The van der Waals surface area contributed by atoms with E-state index in [1.807, 2.05) is 0 Å². The van der Waals surface area contributed by atoms with Crippen molar-refractivity contribution in [3.05, 3.63) is 17.7 Å². The van der Waals surface area contributed by atoms with Crippen molar-refractivity contribution in [1.29, 1.82) is 5.41 Å². The quantitative estimate of drug-likeness (QED) is 0.112. The summed E-state index contributed by atoms with van der Waals surface area (Å²) >= 11 is 0. The molecule has 1 rings (SSSR count). The summed E-state index contributed by atoms with van der Waals surface area (Å²) in [6.07, 6.45) is 1.35. The number of phenolic OH excluding ortho intramolecular Hbond substituents is 1. The minimum Gasteiger partial charge on any atom is -0.502 e. The number of benzene rings is 1. The summed E-state index contributed by atoms with van der Waals surface area (Å²) in [6.45, 7) is 0.789. The summed E-state index contributed by atoms with van der Waals surface area (Å²) < 4.78 is 46.7. The smallest absolute Gasteiger partial charge is 0.394 e. The van der Waals surface area contributed by atoms with E-state index in [0.29, 0.717) is 13.0 Å². The van der Waals surface area contributed by atoms with Crippen molar-refractivity contribution in [2.45, 2.75) is 12.8 Å². The van der Waals surface area contributed by atoms with E-state index in [9.17, 15) is 9.90 Å². The number of guanidine groups is 1. The molecule has 0 heterocycles. The molecule has 154 valence electrons. The fraction of sp³-hybridized carbons (Fsp3) is 0.429. The number of unbranched alkanes of at least 4 members (excludes halogenated alkanes) is 1. The highest BCUT2D eigenvalue weighted by Crippen LogP contribution is 2.37. The second-order valence-corrected chi connectivity index (χ2v) is 5.76. The third-order valence-electron chi connectivity index (χ3n) is 2.84. The van der Waals surface area contributed by atoms with Crippen molar-refractivity contribution in [3.63, 3.8) is 0 Å². The average Bonchev–Trinajstić information content (AvgIpc) is 2.56. The lowest BCUT2D eigenvalue weighted by Crippen LogP contribution is -2.31. The summed E-state index contributed by atoms with van der Waals surface area (Å²) in [5.74, 6) is -0.512. The number of nitrogens with one attached hydrogen (secondary N) is 2. The number of phenols is 1. The van der Waals surface area contributed by atoms with Crippen LogP contribution in [0, 0.1) is 5.41 Å². The zero-order chi connectivity index (χ0) is 21.0. The Bertz CT molecular complexity index is 704. The van der Waals surface area contributed by atoms with E-state index in [1.54, 1.807) is 0 Å². The number of hydrogen-bond donors (Lipinski definition) is 6. The van der Waals surface area contributed by atoms with E-state index in [4.69, 9.17) is 42.9 Å². The molecule has 0 aliphatic rings. The van der Waals surface area contributed by atoms with Crippen LogP contribution in [-0.2, 0) is 15.1 Å². The SMILES string of the molecule is COc1cc(C(=O)OCCCCNC(=N)N)cc(OC)c1O.O=S(=O)(O)O. The Kier molecular flexibility index (Phi) is 10.6. The third-order valence-corrected chi connectivity index (χ3v) is 2.84. The van der Waals surface area contributed by atoms with Crippen molar-refractivity contribution < 1.29 is 41.6 Å². The lowest BCUT2D eigenvalue weighted by molar-refractivity contribution is 0.0497. The molecule has 0 amide bonds. The number of rotatable bonds is 8. The van der Waals surface area contributed by atoms with E-state index < -0.39 is 16.4 Å². The van der Waals surface area contributed by atoms with Crippen LogP contribution in [0.3, 0.4) is 0 Å².